The Kier molecular flexibility index (Phi) is 10.2. The molecule has 0 spiro atoms. The molecule has 7 nitrogen and oxygen atoms in total. The van der Waals surface area contributed by atoms with Crippen LogP contribution < -0.4 is 10.0 Å². The van der Waals surface area contributed by atoms with E-state index in [4.69, 9.17) is 21.7 Å². The summed E-state index contributed by atoms with van der Waals surface area (Å²) in [6, 6.07) is 10.3. The summed E-state index contributed by atoms with van der Waals surface area (Å²) in [4.78, 5) is 12.3. The molecule has 0 aliphatic carbocycles. The van der Waals surface area contributed by atoms with Gasteiger partial charge in [-0.25, -0.2) is 12.8 Å². The van der Waals surface area contributed by atoms with Crippen LogP contribution in [0.4, 0.5) is 10.1 Å². The summed E-state index contributed by atoms with van der Waals surface area (Å²) in [5.74, 6) is -1.05. The number of ether oxygens (including phenoxy) is 2. The molecule has 0 aromatic heterocycles. The normalized spacial score (nSPS) is 12.5. The van der Waals surface area contributed by atoms with Crippen LogP contribution in [0.25, 0.3) is 0 Å². The fraction of sp³-hybridized carbons (Fsp3) is 0.462. The zero-order chi connectivity index (χ0) is 27.1. The molecule has 36 heavy (non-hydrogen) atoms. The van der Waals surface area contributed by atoms with Gasteiger partial charge >= 0.3 is 5.97 Å². The molecule has 10 heteroatoms. The number of esters is 1. The van der Waals surface area contributed by atoms with Gasteiger partial charge < -0.3 is 14.8 Å². The zero-order valence-electron chi connectivity index (χ0n) is 21.6. The largest absolute Gasteiger partial charge is 0.466 e. The Morgan fingerprint density at radius 3 is 2.31 bits per heavy atom. The number of hydrogen-bond acceptors (Lipinski definition) is 6. The number of halogens is 1. The molecule has 0 saturated heterocycles. The van der Waals surface area contributed by atoms with E-state index in [0.29, 0.717) is 18.5 Å². The summed E-state index contributed by atoms with van der Waals surface area (Å²) >= 11 is 5.27. The van der Waals surface area contributed by atoms with Gasteiger partial charge in [-0.3, -0.25) is 9.52 Å². The first-order valence-corrected chi connectivity index (χ1v) is 13.8. The van der Waals surface area contributed by atoms with Gasteiger partial charge in [0, 0.05) is 12.5 Å². The maximum atomic E-state index is 14.2. The molecule has 0 amide bonds. The quantitative estimate of drug-likeness (QED) is 0.336. The number of hydrogen-bond donors (Lipinski definition) is 2. The lowest BCUT2D eigenvalue weighted by Gasteiger charge is -2.22. The molecule has 2 N–H and O–H groups in total. The van der Waals surface area contributed by atoms with E-state index in [0.717, 1.165) is 11.8 Å². The second-order valence-electron chi connectivity index (χ2n) is 9.98. The van der Waals surface area contributed by atoms with Crippen molar-refractivity contribution in [3.63, 3.8) is 0 Å². The van der Waals surface area contributed by atoms with Crippen LogP contribution >= 0.6 is 12.2 Å². The molecule has 0 aliphatic rings. The van der Waals surface area contributed by atoms with E-state index in [9.17, 15) is 17.6 Å². The summed E-state index contributed by atoms with van der Waals surface area (Å²) in [5.41, 5.74) is 3.27. The summed E-state index contributed by atoms with van der Waals surface area (Å²) in [6.07, 6.45) is 1.62. The summed E-state index contributed by atoms with van der Waals surface area (Å²) in [7, 11) is -3.58. The third-order valence-corrected chi connectivity index (χ3v) is 6.24. The highest BCUT2D eigenvalue weighted by atomic mass is 32.2. The van der Waals surface area contributed by atoms with E-state index in [-0.39, 0.29) is 36.0 Å². The lowest BCUT2D eigenvalue weighted by Crippen LogP contribution is -2.34. The molecule has 0 bridgehead atoms. The van der Waals surface area contributed by atoms with E-state index in [1.807, 2.05) is 20.8 Å². The Hall–Kier alpha value is -2.72. The Bertz CT molecular complexity index is 1190. The van der Waals surface area contributed by atoms with E-state index >= 15 is 0 Å². The molecule has 2 aromatic rings. The topological polar surface area (TPSA) is 93.7 Å². The van der Waals surface area contributed by atoms with E-state index in [1.165, 1.54) is 23.3 Å². The van der Waals surface area contributed by atoms with Crippen molar-refractivity contribution in [3.05, 3.63) is 64.5 Å². The van der Waals surface area contributed by atoms with Gasteiger partial charge in [-0.15, -0.1) is 0 Å². The first kappa shape index (κ1) is 29.5. The molecule has 0 radical (unpaired) electrons. The van der Waals surface area contributed by atoms with Crippen molar-refractivity contribution in [2.45, 2.75) is 47.6 Å². The smallest absolute Gasteiger partial charge is 0.311 e. The van der Waals surface area contributed by atoms with Gasteiger partial charge in [0.05, 0.1) is 24.0 Å². The zero-order valence-corrected chi connectivity index (χ0v) is 23.2. The van der Waals surface area contributed by atoms with Gasteiger partial charge in [-0.2, -0.15) is 0 Å². The highest BCUT2D eigenvalue weighted by Gasteiger charge is 2.24. The van der Waals surface area contributed by atoms with Gasteiger partial charge in [-0.05, 0) is 87.6 Å². The molecule has 2 aromatic carbocycles. The number of thiocarbonyl (C=S) groups is 1. The van der Waals surface area contributed by atoms with Crippen molar-refractivity contribution in [2.75, 3.05) is 24.1 Å². The molecule has 2 rings (SSSR count). The monoisotopic (exact) mass is 538 g/mol. The van der Waals surface area contributed by atoms with Crippen molar-refractivity contribution in [2.24, 2.45) is 11.3 Å². The number of nitrogens with one attached hydrogen (secondary N) is 2. The minimum absolute atomic E-state index is 0.00272. The standard InChI is InChI=1S/C26H35FN2O5S2/c1-17-7-8-19(11-18(17)2)12-21(16-33-24(30)26(3,4)5)14-28-25(35)34-15-20-9-10-23(22(27)13-20)29-36(6,31)32/h7-11,13,21,29H,12,14-16H2,1-6H3,(H,28,35). The number of benzene rings is 2. The fourth-order valence-corrected chi connectivity index (χ4v) is 3.93. The SMILES string of the molecule is Cc1ccc(CC(CNC(=S)OCc2ccc(NS(C)(=O)=O)c(F)c2)COC(=O)C(C)(C)C)cc1C. The molecule has 0 saturated carbocycles. The van der Waals surface area contributed by atoms with Crippen LogP contribution in [-0.4, -0.2) is 39.0 Å². The van der Waals surface area contributed by atoms with Crippen molar-refractivity contribution in [1.29, 1.82) is 0 Å². The molecule has 0 aliphatic heterocycles. The Labute approximate surface area is 218 Å². The van der Waals surface area contributed by atoms with Crippen LogP contribution in [0.2, 0.25) is 0 Å². The lowest BCUT2D eigenvalue weighted by molar-refractivity contribution is -0.154. The molecule has 1 atom stereocenters. The minimum atomic E-state index is -3.58. The number of aryl methyl sites for hydroxylation is 2. The highest BCUT2D eigenvalue weighted by molar-refractivity contribution is 7.92. The molecular formula is C26H35FN2O5S2. The minimum Gasteiger partial charge on any atom is -0.466 e. The average molecular weight is 539 g/mol. The third-order valence-electron chi connectivity index (χ3n) is 5.39. The van der Waals surface area contributed by atoms with Crippen LogP contribution in [0.3, 0.4) is 0 Å². The molecular weight excluding hydrogens is 503 g/mol. The van der Waals surface area contributed by atoms with Gasteiger partial charge in [0.2, 0.25) is 10.0 Å². The summed E-state index contributed by atoms with van der Waals surface area (Å²) in [6.45, 7) is 10.2. The second kappa shape index (κ2) is 12.5. The predicted molar refractivity (Wildman–Crippen MR) is 144 cm³/mol. The van der Waals surface area contributed by atoms with Crippen molar-refractivity contribution in [3.8, 4) is 0 Å². The molecule has 0 fully saturated rings. The van der Waals surface area contributed by atoms with Crippen LogP contribution in [0, 0.1) is 31.0 Å². The number of carbonyl (C=O) groups excluding carboxylic acids is 1. The number of carbonyl (C=O) groups is 1. The summed E-state index contributed by atoms with van der Waals surface area (Å²) < 4.78 is 50.0. The van der Waals surface area contributed by atoms with Gasteiger partial charge in [0.15, 0.2) is 0 Å². The van der Waals surface area contributed by atoms with Crippen LogP contribution in [-0.2, 0) is 37.3 Å². The maximum absolute atomic E-state index is 14.2. The lowest BCUT2D eigenvalue weighted by atomic mass is 9.96. The van der Waals surface area contributed by atoms with Gasteiger partial charge in [0.25, 0.3) is 5.17 Å². The highest BCUT2D eigenvalue weighted by Crippen LogP contribution is 2.19. The third kappa shape index (κ3) is 10.1. The van der Waals surface area contributed by atoms with Crippen molar-refractivity contribution in [1.82, 2.24) is 5.32 Å². The van der Waals surface area contributed by atoms with Gasteiger partial charge in [0.1, 0.15) is 12.4 Å². The first-order chi connectivity index (χ1) is 16.6. The van der Waals surface area contributed by atoms with Crippen LogP contribution in [0.15, 0.2) is 36.4 Å². The number of rotatable bonds is 10. The van der Waals surface area contributed by atoms with Crippen molar-refractivity contribution >= 4 is 39.1 Å². The Morgan fingerprint density at radius 1 is 1.06 bits per heavy atom. The number of sulfonamides is 1. The van der Waals surface area contributed by atoms with E-state index in [2.05, 4.69) is 42.1 Å². The Balaban J connectivity index is 1.97. The average Bonchev–Trinajstić information content (AvgIpc) is 2.76. The molecule has 198 valence electrons. The molecule has 1 unspecified atom stereocenters. The summed E-state index contributed by atoms with van der Waals surface area (Å²) in [5, 5.41) is 3.18. The van der Waals surface area contributed by atoms with Crippen LogP contribution in [0.5, 0.6) is 0 Å². The van der Waals surface area contributed by atoms with Crippen LogP contribution in [0.1, 0.15) is 43.0 Å². The first-order valence-electron chi connectivity index (χ1n) is 11.5. The predicted octanol–water partition coefficient (Wildman–Crippen LogP) is 4.65. The van der Waals surface area contributed by atoms with E-state index < -0.39 is 21.3 Å². The van der Waals surface area contributed by atoms with E-state index in [1.54, 1.807) is 6.07 Å². The maximum Gasteiger partial charge on any atom is 0.311 e. The van der Waals surface area contributed by atoms with Crippen molar-refractivity contribution < 1.29 is 27.1 Å². The fourth-order valence-electron chi connectivity index (χ4n) is 3.22. The number of anilines is 1. The molecule has 0 heterocycles. The van der Waals surface area contributed by atoms with Gasteiger partial charge in [-0.1, -0.05) is 24.3 Å². The Morgan fingerprint density at radius 2 is 1.72 bits per heavy atom. The second-order valence-corrected chi connectivity index (χ2v) is 12.1.